The molecule has 0 saturated heterocycles. The fraction of sp³-hybridized carbons (Fsp3) is 0.543. The largest absolute Gasteiger partial charge is 0.278 e. The van der Waals surface area contributed by atoms with Gasteiger partial charge in [-0.2, -0.15) is 0 Å². The Kier molecular flexibility index (Phi) is 11.1. The van der Waals surface area contributed by atoms with Crippen molar-refractivity contribution in [1.29, 1.82) is 0 Å². The lowest BCUT2D eigenvalue weighted by atomic mass is 9.70. The van der Waals surface area contributed by atoms with Crippen LogP contribution in [0.4, 0.5) is 4.39 Å². The summed E-state index contributed by atoms with van der Waals surface area (Å²) in [6, 6.07) is 14.1. The standard InChI is InChI=1S/C35H50FN3/c1-9-21-35(13-5,22-10-2)32-24-29(36)19-20-31(32)34-38-37-33(26(8)11-3)39(34)30-16-14-15-28(23-30)27(12-4)18-17-25(6)7/h11,14-16,19-20,23-27H,3,9-10,12-13,17-18,21-22H2,1-2,4-8H3. The minimum Gasteiger partial charge on any atom is -0.278 e. The number of hydrogen-bond acceptors (Lipinski definition) is 2. The number of benzene rings is 2. The van der Waals surface area contributed by atoms with Crippen LogP contribution in [0.5, 0.6) is 0 Å². The molecular formula is C35H50FN3. The van der Waals surface area contributed by atoms with Gasteiger partial charge in [-0.3, -0.25) is 4.57 Å². The van der Waals surface area contributed by atoms with Gasteiger partial charge in [-0.25, -0.2) is 4.39 Å². The highest BCUT2D eigenvalue weighted by atomic mass is 19.1. The number of allylic oxidation sites excluding steroid dienone is 1. The molecule has 0 amide bonds. The van der Waals surface area contributed by atoms with Gasteiger partial charge in [0, 0.05) is 17.2 Å². The summed E-state index contributed by atoms with van der Waals surface area (Å²) in [5, 5.41) is 9.49. The fourth-order valence-corrected chi connectivity index (χ4v) is 6.23. The summed E-state index contributed by atoms with van der Waals surface area (Å²) >= 11 is 0. The summed E-state index contributed by atoms with van der Waals surface area (Å²) in [5.74, 6) is 2.66. The first-order valence-corrected chi connectivity index (χ1v) is 15.2. The van der Waals surface area contributed by atoms with Crippen LogP contribution >= 0.6 is 0 Å². The van der Waals surface area contributed by atoms with E-state index in [-0.39, 0.29) is 17.2 Å². The molecule has 39 heavy (non-hydrogen) atoms. The Balaban J connectivity index is 2.27. The highest BCUT2D eigenvalue weighted by Crippen LogP contribution is 2.43. The van der Waals surface area contributed by atoms with Crippen molar-refractivity contribution in [2.45, 2.75) is 117 Å². The van der Waals surface area contributed by atoms with Gasteiger partial charge < -0.3 is 0 Å². The van der Waals surface area contributed by atoms with Crippen molar-refractivity contribution in [3.63, 3.8) is 0 Å². The smallest absolute Gasteiger partial charge is 0.168 e. The number of halogens is 1. The SMILES string of the molecule is C=CC(C)c1nnc(-c2ccc(F)cc2C(CC)(CCC)CCC)n1-c1cccc(C(CC)CCC(C)C)c1. The van der Waals surface area contributed by atoms with Crippen LogP contribution in [0.1, 0.15) is 129 Å². The summed E-state index contributed by atoms with van der Waals surface area (Å²) in [5.41, 5.74) is 4.34. The monoisotopic (exact) mass is 531 g/mol. The van der Waals surface area contributed by atoms with Crippen LogP contribution in [0.2, 0.25) is 0 Å². The average Bonchev–Trinajstić information content (AvgIpc) is 3.38. The first-order valence-electron chi connectivity index (χ1n) is 15.2. The van der Waals surface area contributed by atoms with Crippen molar-refractivity contribution >= 4 is 0 Å². The average molecular weight is 532 g/mol. The Labute approximate surface area is 237 Å². The maximum absolute atomic E-state index is 14.9. The number of rotatable bonds is 15. The van der Waals surface area contributed by atoms with E-state index >= 15 is 0 Å². The molecule has 0 fully saturated rings. The summed E-state index contributed by atoms with van der Waals surface area (Å²) in [4.78, 5) is 0. The van der Waals surface area contributed by atoms with E-state index in [1.165, 1.54) is 18.4 Å². The predicted molar refractivity (Wildman–Crippen MR) is 164 cm³/mol. The van der Waals surface area contributed by atoms with Gasteiger partial charge in [0.15, 0.2) is 5.82 Å². The molecule has 0 N–H and O–H groups in total. The molecule has 4 heteroatoms. The maximum Gasteiger partial charge on any atom is 0.168 e. The van der Waals surface area contributed by atoms with E-state index in [2.05, 4.69) is 83.9 Å². The Bertz CT molecular complexity index is 1200. The lowest BCUT2D eigenvalue weighted by molar-refractivity contribution is 0.343. The molecule has 1 aromatic heterocycles. The summed E-state index contributed by atoms with van der Waals surface area (Å²) in [6.45, 7) is 19.7. The van der Waals surface area contributed by atoms with E-state index in [1.54, 1.807) is 12.1 Å². The third-order valence-corrected chi connectivity index (χ3v) is 8.56. The molecule has 0 aliphatic carbocycles. The third kappa shape index (κ3) is 6.88. The molecule has 3 aromatic rings. The van der Waals surface area contributed by atoms with Gasteiger partial charge in [-0.1, -0.05) is 85.9 Å². The number of nitrogens with zero attached hydrogens (tertiary/aromatic N) is 3. The molecule has 0 spiro atoms. The minimum atomic E-state index is -0.192. The second-order valence-corrected chi connectivity index (χ2v) is 11.7. The Morgan fingerprint density at radius 3 is 2.26 bits per heavy atom. The van der Waals surface area contributed by atoms with Crippen molar-refractivity contribution in [3.8, 4) is 17.1 Å². The molecule has 0 radical (unpaired) electrons. The molecule has 1 heterocycles. The first-order chi connectivity index (χ1) is 18.7. The predicted octanol–water partition coefficient (Wildman–Crippen LogP) is 10.5. The topological polar surface area (TPSA) is 30.7 Å². The van der Waals surface area contributed by atoms with Crippen LogP contribution < -0.4 is 0 Å². The molecule has 0 aliphatic heterocycles. The molecule has 3 rings (SSSR count). The van der Waals surface area contributed by atoms with Gasteiger partial charge in [0.25, 0.3) is 0 Å². The van der Waals surface area contributed by atoms with Crippen LogP contribution in [0.25, 0.3) is 17.1 Å². The van der Waals surface area contributed by atoms with Crippen LogP contribution in [0.15, 0.2) is 55.1 Å². The second kappa shape index (κ2) is 14.1. The van der Waals surface area contributed by atoms with E-state index in [1.807, 2.05) is 12.1 Å². The molecule has 0 bridgehead atoms. The molecular weight excluding hydrogens is 481 g/mol. The van der Waals surface area contributed by atoms with Crippen molar-refractivity contribution in [2.75, 3.05) is 0 Å². The summed E-state index contributed by atoms with van der Waals surface area (Å²) in [6.07, 6.45) is 10.5. The van der Waals surface area contributed by atoms with Crippen LogP contribution in [-0.2, 0) is 5.41 Å². The van der Waals surface area contributed by atoms with E-state index in [0.717, 1.165) is 67.0 Å². The highest BCUT2D eigenvalue weighted by molar-refractivity contribution is 5.65. The molecule has 3 nitrogen and oxygen atoms in total. The first kappa shape index (κ1) is 30.8. The van der Waals surface area contributed by atoms with E-state index in [9.17, 15) is 4.39 Å². The zero-order valence-corrected chi connectivity index (χ0v) is 25.4. The Morgan fingerprint density at radius 2 is 1.67 bits per heavy atom. The van der Waals surface area contributed by atoms with Crippen molar-refractivity contribution in [1.82, 2.24) is 14.8 Å². The second-order valence-electron chi connectivity index (χ2n) is 11.7. The molecule has 2 atom stereocenters. The van der Waals surface area contributed by atoms with E-state index in [4.69, 9.17) is 10.2 Å². The van der Waals surface area contributed by atoms with Crippen LogP contribution in [0.3, 0.4) is 0 Å². The maximum atomic E-state index is 14.9. The van der Waals surface area contributed by atoms with Gasteiger partial charge in [-0.15, -0.1) is 16.8 Å². The third-order valence-electron chi connectivity index (χ3n) is 8.56. The van der Waals surface area contributed by atoms with Crippen molar-refractivity contribution in [3.05, 3.63) is 77.9 Å². The highest BCUT2D eigenvalue weighted by Gasteiger charge is 2.33. The number of aromatic nitrogens is 3. The molecule has 2 aromatic carbocycles. The van der Waals surface area contributed by atoms with Gasteiger partial charge in [-0.05, 0) is 90.8 Å². The van der Waals surface area contributed by atoms with E-state index < -0.39 is 0 Å². The minimum absolute atomic E-state index is 0.0175. The van der Waals surface area contributed by atoms with Gasteiger partial charge >= 0.3 is 0 Å². The zero-order chi connectivity index (χ0) is 28.6. The Hall–Kier alpha value is -2.75. The quantitative estimate of drug-likeness (QED) is 0.183. The zero-order valence-electron chi connectivity index (χ0n) is 25.4. The lowest BCUT2D eigenvalue weighted by Crippen LogP contribution is -2.26. The Morgan fingerprint density at radius 1 is 0.949 bits per heavy atom. The van der Waals surface area contributed by atoms with Crippen LogP contribution in [0, 0.1) is 11.7 Å². The number of hydrogen-bond donors (Lipinski definition) is 0. The summed E-state index contributed by atoms with van der Waals surface area (Å²) in [7, 11) is 0. The van der Waals surface area contributed by atoms with Crippen molar-refractivity contribution in [2.24, 2.45) is 5.92 Å². The normalized spacial score (nSPS) is 13.6. The van der Waals surface area contributed by atoms with Crippen LogP contribution in [-0.4, -0.2) is 14.8 Å². The van der Waals surface area contributed by atoms with Gasteiger partial charge in [0.1, 0.15) is 11.6 Å². The van der Waals surface area contributed by atoms with E-state index in [0.29, 0.717) is 11.8 Å². The molecule has 0 saturated carbocycles. The summed E-state index contributed by atoms with van der Waals surface area (Å²) < 4.78 is 17.1. The molecule has 2 unspecified atom stereocenters. The molecule has 212 valence electrons. The van der Waals surface area contributed by atoms with Gasteiger partial charge in [0.2, 0.25) is 0 Å². The van der Waals surface area contributed by atoms with Gasteiger partial charge in [0.05, 0.1) is 0 Å². The fourth-order valence-electron chi connectivity index (χ4n) is 6.23. The van der Waals surface area contributed by atoms with Crippen molar-refractivity contribution < 1.29 is 4.39 Å². The lowest BCUT2D eigenvalue weighted by Gasteiger charge is -2.35. The molecule has 0 aliphatic rings.